The monoisotopic (exact) mass is 431 g/mol. The lowest BCUT2D eigenvalue weighted by Crippen LogP contribution is -2.53. The summed E-state index contributed by atoms with van der Waals surface area (Å²) in [4.78, 5) is 40.0. The number of nitro benzene ring substituents is 1. The van der Waals surface area contributed by atoms with Crippen LogP contribution >= 0.6 is 11.8 Å². The summed E-state index contributed by atoms with van der Waals surface area (Å²) in [5.41, 5.74) is 0.297. The van der Waals surface area contributed by atoms with Crippen LogP contribution in [0.3, 0.4) is 0 Å². The maximum absolute atomic E-state index is 13.2. The molecule has 2 aliphatic heterocycles. The van der Waals surface area contributed by atoms with E-state index >= 15 is 0 Å². The molecule has 0 radical (unpaired) electrons. The summed E-state index contributed by atoms with van der Waals surface area (Å²) in [5, 5.41) is 11.1. The molecule has 1 saturated carbocycles. The van der Waals surface area contributed by atoms with Crippen molar-refractivity contribution in [2.45, 2.75) is 56.2 Å². The molecular weight excluding hydrogens is 402 g/mol. The number of carbonyl (C=O) groups is 2. The second-order valence-corrected chi connectivity index (χ2v) is 10.1. The van der Waals surface area contributed by atoms with Gasteiger partial charge in [-0.1, -0.05) is 31.7 Å². The van der Waals surface area contributed by atoms with Gasteiger partial charge in [0.15, 0.2) is 0 Å². The van der Waals surface area contributed by atoms with Crippen LogP contribution < -0.4 is 0 Å². The molecule has 0 atom stereocenters. The molecule has 8 heteroatoms. The van der Waals surface area contributed by atoms with Crippen molar-refractivity contribution in [2.75, 3.05) is 25.4 Å². The first-order chi connectivity index (χ1) is 14.5. The number of hydrogen-bond donors (Lipinski definition) is 0. The van der Waals surface area contributed by atoms with E-state index in [2.05, 4.69) is 0 Å². The van der Waals surface area contributed by atoms with E-state index in [1.54, 1.807) is 23.9 Å². The lowest BCUT2D eigenvalue weighted by molar-refractivity contribution is -0.384. The lowest BCUT2D eigenvalue weighted by Gasteiger charge is -2.44. The van der Waals surface area contributed by atoms with E-state index in [4.69, 9.17) is 0 Å². The van der Waals surface area contributed by atoms with E-state index in [0.29, 0.717) is 31.6 Å². The molecule has 2 amide bonds. The van der Waals surface area contributed by atoms with E-state index in [0.717, 1.165) is 30.9 Å². The van der Waals surface area contributed by atoms with Gasteiger partial charge in [-0.15, -0.1) is 11.8 Å². The molecule has 30 heavy (non-hydrogen) atoms. The van der Waals surface area contributed by atoms with Gasteiger partial charge in [-0.25, -0.2) is 0 Å². The summed E-state index contributed by atoms with van der Waals surface area (Å²) in [6.45, 7) is 1.99. The van der Waals surface area contributed by atoms with Gasteiger partial charge in [-0.2, -0.15) is 0 Å². The Balaban J connectivity index is 1.37. The molecular formula is C22H29N3O4S. The Hall–Kier alpha value is -2.09. The first kappa shape index (κ1) is 21.2. The minimum atomic E-state index is -0.471. The highest BCUT2D eigenvalue weighted by Gasteiger charge is 2.47. The van der Waals surface area contributed by atoms with Crippen molar-refractivity contribution in [1.82, 2.24) is 9.80 Å². The van der Waals surface area contributed by atoms with Gasteiger partial charge in [0.05, 0.1) is 9.79 Å². The van der Waals surface area contributed by atoms with Crippen LogP contribution in [-0.2, 0) is 4.79 Å². The van der Waals surface area contributed by atoms with Crippen molar-refractivity contribution in [2.24, 2.45) is 5.92 Å². The van der Waals surface area contributed by atoms with Gasteiger partial charge in [-0.3, -0.25) is 19.7 Å². The zero-order chi connectivity index (χ0) is 21.1. The van der Waals surface area contributed by atoms with E-state index in [1.807, 2.05) is 9.80 Å². The second-order valence-electron chi connectivity index (χ2n) is 8.63. The minimum Gasteiger partial charge on any atom is -0.342 e. The summed E-state index contributed by atoms with van der Waals surface area (Å²) in [6, 6.07) is 5.97. The number of amides is 2. The molecule has 2 heterocycles. The average Bonchev–Trinajstić information content (AvgIpc) is 3.42. The third-order valence-electron chi connectivity index (χ3n) is 6.87. The number of nitrogens with zero attached hydrogens (tertiary/aromatic N) is 3. The summed E-state index contributed by atoms with van der Waals surface area (Å²) < 4.78 is 0. The van der Waals surface area contributed by atoms with Crippen LogP contribution in [0.15, 0.2) is 24.3 Å². The number of thioether (sulfide) groups is 1. The highest BCUT2D eigenvalue weighted by Crippen LogP contribution is 2.44. The first-order valence-electron chi connectivity index (χ1n) is 11.0. The molecule has 3 aliphatic rings. The first-order valence-corrected chi connectivity index (χ1v) is 12.0. The number of hydrogen-bond acceptors (Lipinski definition) is 5. The third kappa shape index (κ3) is 4.33. The molecule has 2 saturated heterocycles. The number of carbonyl (C=O) groups excluding carboxylic acids is 2. The summed E-state index contributed by atoms with van der Waals surface area (Å²) in [6.07, 6.45) is 8.30. The average molecular weight is 432 g/mol. The highest BCUT2D eigenvalue weighted by atomic mass is 32.2. The molecule has 7 nitrogen and oxygen atoms in total. The van der Waals surface area contributed by atoms with E-state index in [1.165, 1.54) is 37.8 Å². The van der Waals surface area contributed by atoms with E-state index in [9.17, 15) is 19.7 Å². The fraction of sp³-hybridized carbons (Fsp3) is 0.636. The summed E-state index contributed by atoms with van der Waals surface area (Å²) in [7, 11) is 0. The van der Waals surface area contributed by atoms with Crippen LogP contribution in [0.5, 0.6) is 0 Å². The quantitative estimate of drug-likeness (QED) is 0.518. The van der Waals surface area contributed by atoms with Crippen molar-refractivity contribution in [1.29, 1.82) is 0 Å². The van der Waals surface area contributed by atoms with Crippen molar-refractivity contribution in [3.8, 4) is 0 Å². The Kier molecular flexibility index (Phi) is 6.32. The van der Waals surface area contributed by atoms with Crippen LogP contribution in [0.2, 0.25) is 0 Å². The standard InChI is InChI=1S/C22H29N3O4S/c26-20(9-8-17-4-1-2-5-17)23-12-10-22(11-13-23)24(14-15-30-22)21(27)18-6-3-7-19(16-18)25(28)29/h3,6-7,16-17H,1-2,4-5,8-15H2. The van der Waals surface area contributed by atoms with Crippen molar-refractivity contribution in [3.63, 3.8) is 0 Å². The van der Waals surface area contributed by atoms with Gasteiger partial charge in [0.25, 0.3) is 11.6 Å². The van der Waals surface area contributed by atoms with Crippen molar-refractivity contribution in [3.05, 3.63) is 39.9 Å². The minimum absolute atomic E-state index is 0.0653. The zero-order valence-corrected chi connectivity index (χ0v) is 18.1. The predicted molar refractivity (Wildman–Crippen MR) is 116 cm³/mol. The van der Waals surface area contributed by atoms with Gasteiger partial charge in [-0.05, 0) is 31.2 Å². The van der Waals surface area contributed by atoms with Gasteiger partial charge < -0.3 is 9.80 Å². The molecule has 4 rings (SSSR count). The Morgan fingerprint density at radius 3 is 2.60 bits per heavy atom. The SMILES string of the molecule is O=C(CCC1CCCC1)N1CCC2(CC1)SCCN2C(=O)c1cccc([N+](=O)[O-])c1. The van der Waals surface area contributed by atoms with Gasteiger partial charge in [0.1, 0.15) is 0 Å². The van der Waals surface area contributed by atoms with Gasteiger partial charge >= 0.3 is 0 Å². The van der Waals surface area contributed by atoms with E-state index < -0.39 is 4.92 Å². The number of benzene rings is 1. The molecule has 1 aliphatic carbocycles. The number of piperidine rings is 1. The molecule has 0 aromatic heterocycles. The van der Waals surface area contributed by atoms with Crippen LogP contribution in [0.4, 0.5) is 5.69 Å². The maximum Gasteiger partial charge on any atom is 0.270 e. The number of likely N-dealkylation sites (tertiary alicyclic amines) is 1. The molecule has 0 unspecified atom stereocenters. The molecule has 162 valence electrons. The Morgan fingerprint density at radius 1 is 1.17 bits per heavy atom. The smallest absolute Gasteiger partial charge is 0.270 e. The molecule has 1 aromatic rings. The molecule has 1 aromatic carbocycles. The van der Waals surface area contributed by atoms with Gasteiger partial charge in [0, 0.05) is 49.5 Å². The number of nitro groups is 1. The number of non-ortho nitro benzene ring substituents is 1. The third-order valence-corrected chi connectivity index (χ3v) is 8.42. The summed E-state index contributed by atoms with van der Waals surface area (Å²) in [5.74, 6) is 1.68. The van der Waals surface area contributed by atoms with Crippen LogP contribution in [0, 0.1) is 16.0 Å². The fourth-order valence-electron chi connectivity index (χ4n) is 5.11. The van der Waals surface area contributed by atoms with E-state index in [-0.39, 0.29) is 22.4 Å². The zero-order valence-electron chi connectivity index (χ0n) is 17.3. The maximum atomic E-state index is 13.2. The highest BCUT2D eigenvalue weighted by molar-refractivity contribution is 8.00. The Morgan fingerprint density at radius 2 is 1.90 bits per heavy atom. The number of rotatable bonds is 5. The predicted octanol–water partition coefficient (Wildman–Crippen LogP) is 4.07. The Labute approximate surface area is 181 Å². The molecule has 0 N–H and O–H groups in total. The van der Waals surface area contributed by atoms with Crippen LogP contribution in [0.1, 0.15) is 61.7 Å². The second kappa shape index (κ2) is 8.96. The topological polar surface area (TPSA) is 83.8 Å². The molecule has 0 bridgehead atoms. The van der Waals surface area contributed by atoms with Crippen LogP contribution in [-0.4, -0.2) is 56.8 Å². The fourth-order valence-corrected chi connectivity index (χ4v) is 6.56. The summed E-state index contributed by atoms with van der Waals surface area (Å²) >= 11 is 1.79. The van der Waals surface area contributed by atoms with Crippen molar-refractivity contribution < 1.29 is 14.5 Å². The molecule has 3 fully saturated rings. The lowest BCUT2D eigenvalue weighted by atomic mass is 9.98. The van der Waals surface area contributed by atoms with Crippen LogP contribution in [0.25, 0.3) is 0 Å². The normalized spacial score (nSPS) is 21.3. The van der Waals surface area contributed by atoms with Gasteiger partial charge in [0.2, 0.25) is 5.91 Å². The van der Waals surface area contributed by atoms with Crippen molar-refractivity contribution >= 4 is 29.3 Å². The molecule has 1 spiro atoms. The Bertz CT molecular complexity index is 816. The largest absolute Gasteiger partial charge is 0.342 e.